The summed E-state index contributed by atoms with van der Waals surface area (Å²) >= 11 is 0. The van der Waals surface area contributed by atoms with E-state index in [0.29, 0.717) is 0 Å². The molecule has 1 aromatic rings. The molecule has 5 nitrogen and oxygen atoms in total. The monoisotopic (exact) mass is 262 g/mol. The molecule has 1 atom stereocenters. The molecule has 2 amide bonds. The standard InChI is InChI=1S/C14H18N2O3/c1-9-5-3-4-6-11(9)16(2)14(19)15-12(13(17)18)10-7-8-10/h3-6,10,12H,7-8H2,1-2H3,(H,15,19)(H,17,18). The number of hydrogen-bond donors (Lipinski definition) is 2. The van der Waals surface area contributed by atoms with Crippen LogP contribution >= 0.6 is 0 Å². The molecular weight excluding hydrogens is 244 g/mol. The highest BCUT2D eigenvalue weighted by Gasteiger charge is 2.37. The first kappa shape index (κ1) is 13.4. The summed E-state index contributed by atoms with van der Waals surface area (Å²) in [6, 6.07) is 6.33. The Bertz CT molecular complexity index is 497. The normalized spacial score (nSPS) is 15.7. The predicted octanol–water partition coefficient (Wildman–Crippen LogP) is 2.00. The molecule has 1 aliphatic rings. The van der Waals surface area contributed by atoms with Gasteiger partial charge in [0, 0.05) is 12.7 Å². The van der Waals surface area contributed by atoms with Crippen LogP contribution in [0.2, 0.25) is 0 Å². The van der Waals surface area contributed by atoms with Crippen LogP contribution in [0.3, 0.4) is 0 Å². The maximum absolute atomic E-state index is 12.1. The molecule has 2 rings (SSSR count). The third kappa shape index (κ3) is 3.05. The van der Waals surface area contributed by atoms with E-state index in [0.717, 1.165) is 24.1 Å². The summed E-state index contributed by atoms with van der Waals surface area (Å²) in [6.07, 6.45) is 1.73. The lowest BCUT2D eigenvalue weighted by atomic mass is 10.2. The molecule has 0 bridgehead atoms. The van der Waals surface area contributed by atoms with Crippen LogP contribution in [-0.4, -0.2) is 30.2 Å². The van der Waals surface area contributed by atoms with Gasteiger partial charge >= 0.3 is 12.0 Å². The van der Waals surface area contributed by atoms with Crippen LogP contribution in [0.5, 0.6) is 0 Å². The Morgan fingerprint density at radius 3 is 2.53 bits per heavy atom. The maximum Gasteiger partial charge on any atom is 0.326 e. The van der Waals surface area contributed by atoms with Crippen LogP contribution in [0.1, 0.15) is 18.4 Å². The molecular formula is C14H18N2O3. The summed E-state index contributed by atoms with van der Waals surface area (Å²) < 4.78 is 0. The van der Waals surface area contributed by atoms with E-state index >= 15 is 0 Å². The van der Waals surface area contributed by atoms with Crippen molar-refractivity contribution in [2.45, 2.75) is 25.8 Å². The number of benzene rings is 1. The minimum atomic E-state index is -0.964. The van der Waals surface area contributed by atoms with Gasteiger partial charge in [0.05, 0.1) is 0 Å². The Morgan fingerprint density at radius 2 is 2.00 bits per heavy atom. The molecule has 2 N–H and O–H groups in total. The van der Waals surface area contributed by atoms with Gasteiger partial charge in [-0.15, -0.1) is 0 Å². The predicted molar refractivity (Wildman–Crippen MR) is 72.3 cm³/mol. The van der Waals surface area contributed by atoms with Crippen molar-refractivity contribution < 1.29 is 14.7 Å². The number of carboxylic acids is 1. The van der Waals surface area contributed by atoms with Crippen LogP contribution in [0.15, 0.2) is 24.3 Å². The van der Waals surface area contributed by atoms with Crippen molar-refractivity contribution in [1.82, 2.24) is 5.32 Å². The van der Waals surface area contributed by atoms with E-state index in [1.165, 1.54) is 4.90 Å². The van der Waals surface area contributed by atoms with E-state index in [-0.39, 0.29) is 11.9 Å². The van der Waals surface area contributed by atoms with E-state index in [4.69, 9.17) is 5.11 Å². The first-order valence-electron chi connectivity index (χ1n) is 6.33. The Labute approximate surface area is 112 Å². The smallest absolute Gasteiger partial charge is 0.326 e. The summed E-state index contributed by atoms with van der Waals surface area (Å²) in [4.78, 5) is 24.7. The van der Waals surface area contributed by atoms with Crippen molar-refractivity contribution in [1.29, 1.82) is 0 Å². The second-order valence-electron chi connectivity index (χ2n) is 4.95. The number of hydrogen-bond acceptors (Lipinski definition) is 2. The fourth-order valence-corrected chi connectivity index (χ4v) is 2.09. The van der Waals surface area contributed by atoms with Gasteiger partial charge in [-0.1, -0.05) is 18.2 Å². The minimum Gasteiger partial charge on any atom is -0.480 e. The van der Waals surface area contributed by atoms with Crippen molar-refractivity contribution in [3.63, 3.8) is 0 Å². The molecule has 19 heavy (non-hydrogen) atoms. The molecule has 1 fully saturated rings. The van der Waals surface area contributed by atoms with Crippen molar-refractivity contribution in [3.05, 3.63) is 29.8 Å². The van der Waals surface area contributed by atoms with E-state index in [9.17, 15) is 9.59 Å². The van der Waals surface area contributed by atoms with Crippen LogP contribution in [-0.2, 0) is 4.79 Å². The molecule has 0 aliphatic heterocycles. The largest absolute Gasteiger partial charge is 0.480 e. The minimum absolute atomic E-state index is 0.0757. The molecule has 0 aromatic heterocycles. The molecule has 1 aromatic carbocycles. The van der Waals surface area contributed by atoms with Gasteiger partial charge in [-0.25, -0.2) is 9.59 Å². The van der Waals surface area contributed by atoms with Gasteiger partial charge in [-0.2, -0.15) is 0 Å². The zero-order valence-electron chi connectivity index (χ0n) is 11.1. The Kier molecular flexibility index (Phi) is 3.74. The molecule has 5 heteroatoms. The first-order chi connectivity index (χ1) is 9.00. The maximum atomic E-state index is 12.1. The van der Waals surface area contributed by atoms with Crippen LogP contribution in [0, 0.1) is 12.8 Å². The van der Waals surface area contributed by atoms with Crippen LogP contribution < -0.4 is 10.2 Å². The molecule has 0 spiro atoms. The Balaban J connectivity index is 2.07. The zero-order valence-corrected chi connectivity index (χ0v) is 11.1. The summed E-state index contributed by atoms with van der Waals surface area (Å²) in [5.74, 6) is -0.888. The van der Waals surface area contributed by atoms with E-state index in [1.54, 1.807) is 7.05 Å². The fraction of sp³-hybridized carbons (Fsp3) is 0.429. The molecule has 0 radical (unpaired) electrons. The van der Waals surface area contributed by atoms with Crippen molar-refractivity contribution in [2.75, 3.05) is 11.9 Å². The number of carbonyl (C=O) groups excluding carboxylic acids is 1. The second-order valence-corrected chi connectivity index (χ2v) is 4.95. The molecule has 0 saturated heterocycles. The number of para-hydroxylation sites is 1. The lowest BCUT2D eigenvalue weighted by molar-refractivity contribution is -0.139. The fourth-order valence-electron chi connectivity index (χ4n) is 2.09. The van der Waals surface area contributed by atoms with Crippen molar-refractivity contribution >= 4 is 17.7 Å². The third-order valence-electron chi connectivity index (χ3n) is 3.42. The summed E-state index contributed by atoms with van der Waals surface area (Å²) in [5.41, 5.74) is 1.75. The summed E-state index contributed by atoms with van der Waals surface area (Å²) in [5, 5.41) is 11.7. The lowest BCUT2D eigenvalue weighted by Gasteiger charge is -2.22. The highest BCUT2D eigenvalue weighted by Crippen LogP contribution is 2.33. The summed E-state index contributed by atoms with van der Waals surface area (Å²) in [7, 11) is 1.64. The second kappa shape index (κ2) is 5.30. The highest BCUT2D eigenvalue weighted by atomic mass is 16.4. The number of carboxylic acid groups (broad SMARTS) is 1. The van der Waals surface area contributed by atoms with E-state index < -0.39 is 12.0 Å². The van der Waals surface area contributed by atoms with Gasteiger partial charge in [-0.05, 0) is 37.3 Å². The summed E-state index contributed by atoms with van der Waals surface area (Å²) in [6.45, 7) is 1.91. The number of urea groups is 1. The number of amides is 2. The number of nitrogens with one attached hydrogen (secondary N) is 1. The number of rotatable bonds is 4. The van der Waals surface area contributed by atoms with Gasteiger partial charge in [0.15, 0.2) is 0 Å². The lowest BCUT2D eigenvalue weighted by Crippen LogP contribution is -2.48. The molecule has 1 saturated carbocycles. The van der Waals surface area contributed by atoms with Gasteiger partial charge in [0.2, 0.25) is 0 Å². The average Bonchev–Trinajstić information content (AvgIpc) is 3.19. The van der Waals surface area contributed by atoms with Gasteiger partial charge in [0.1, 0.15) is 6.04 Å². The van der Waals surface area contributed by atoms with Crippen LogP contribution in [0.4, 0.5) is 10.5 Å². The molecule has 1 unspecified atom stereocenters. The van der Waals surface area contributed by atoms with Gasteiger partial charge in [-0.3, -0.25) is 4.90 Å². The number of aryl methyl sites for hydroxylation is 1. The van der Waals surface area contributed by atoms with Crippen molar-refractivity contribution in [3.8, 4) is 0 Å². The Hall–Kier alpha value is -2.04. The SMILES string of the molecule is Cc1ccccc1N(C)C(=O)NC(C(=O)O)C1CC1. The van der Waals surface area contributed by atoms with Gasteiger partial charge in [0.25, 0.3) is 0 Å². The van der Waals surface area contributed by atoms with Crippen LogP contribution in [0.25, 0.3) is 0 Å². The topological polar surface area (TPSA) is 69.6 Å². The molecule has 102 valence electrons. The highest BCUT2D eigenvalue weighted by molar-refractivity contribution is 5.94. The van der Waals surface area contributed by atoms with E-state index in [2.05, 4.69) is 5.32 Å². The first-order valence-corrected chi connectivity index (χ1v) is 6.33. The third-order valence-corrected chi connectivity index (χ3v) is 3.42. The zero-order chi connectivity index (χ0) is 14.0. The average molecular weight is 262 g/mol. The Morgan fingerprint density at radius 1 is 1.37 bits per heavy atom. The van der Waals surface area contributed by atoms with E-state index in [1.807, 2.05) is 31.2 Å². The number of anilines is 1. The van der Waals surface area contributed by atoms with Gasteiger partial charge < -0.3 is 10.4 Å². The molecule has 1 aliphatic carbocycles. The number of nitrogens with zero attached hydrogens (tertiary/aromatic N) is 1. The number of aliphatic carboxylic acids is 1. The van der Waals surface area contributed by atoms with Crippen molar-refractivity contribution in [2.24, 2.45) is 5.92 Å². The number of carbonyl (C=O) groups is 2. The quantitative estimate of drug-likeness (QED) is 0.872. The molecule has 0 heterocycles.